The van der Waals surface area contributed by atoms with Gasteiger partial charge in [0.15, 0.2) is 0 Å². The van der Waals surface area contributed by atoms with Gasteiger partial charge in [0.25, 0.3) is 0 Å². The van der Waals surface area contributed by atoms with Gasteiger partial charge in [-0.1, -0.05) is 6.92 Å². The van der Waals surface area contributed by atoms with Gasteiger partial charge >= 0.3 is 0 Å². The van der Waals surface area contributed by atoms with Crippen LogP contribution in [-0.4, -0.2) is 50.0 Å². The van der Waals surface area contributed by atoms with Crippen molar-refractivity contribution in [2.45, 2.75) is 32.5 Å². The van der Waals surface area contributed by atoms with Crippen LogP contribution in [0.1, 0.15) is 20.8 Å². The first kappa shape index (κ1) is 11.0. The third kappa shape index (κ3) is 2.66. The maximum absolute atomic E-state index is 5.70. The van der Waals surface area contributed by atoms with Crippen LogP contribution in [0.15, 0.2) is 0 Å². The zero-order valence-electron chi connectivity index (χ0n) is 9.17. The highest BCUT2D eigenvalue weighted by molar-refractivity contribution is 4.85. The molecule has 1 rings (SSSR count). The fourth-order valence-corrected chi connectivity index (χ4v) is 1.54. The number of methoxy groups -OCH3 is 1. The predicted molar refractivity (Wildman–Crippen MR) is 52.9 cm³/mol. The smallest absolute Gasteiger partial charge is 0.0986 e. The van der Waals surface area contributed by atoms with Gasteiger partial charge in [-0.25, -0.2) is 0 Å². The van der Waals surface area contributed by atoms with Crippen LogP contribution in [0.2, 0.25) is 0 Å². The van der Waals surface area contributed by atoms with Gasteiger partial charge in [0.05, 0.1) is 18.3 Å². The number of nitrogens with zero attached hydrogens (tertiary/aromatic N) is 1. The van der Waals surface area contributed by atoms with E-state index in [1.54, 1.807) is 7.11 Å². The minimum Gasteiger partial charge on any atom is -0.376 e. The van der Waals surface area contributed by atoms with E-state index in [1.807, 2.05) is 0 Å². The molecule has 1 aliphatic rings. The summed E-state index contributed by atoms with van der Waals surface area (Å²) in [5.41, 5.74) is -0.173. The summed E-state index contributed by atoms with van der Waals surface area (Å²) >= 11 is 0. The van der Waals surface area contributed by atoms with E-state index in [1.165, 1.54) is 0 Å². The fraction of sp³-hybridized carbons (Fsp3) is 1.00. The molecule has 3 nitrogen and oxygen atoms in total. The van der Waals surface area contributed by atoms with Crippen LogP contribution in [0, 0.1) is 0 Å². The molecule has 1 fully saturated rings. The zero-order valence-corrected chi connectivity index (χ0v) is 9.17. The van der Waals surface area contributed by atoms with E-state index in [0.717, 1.165) is 26.2 Å². The molecule has 1 unspecified atom stereocenters. The maximum atomic E-state index is 5.70. The molecule has 78 valence electrons. The summed E-state index contributed by atoms with van der Waals surface area (Å²) in [6.45, 7) is 10.3. The summed E-state index contributed by atoms with van der Waals surface area (Å²) in [6, 6.07) is 0. The normalized spacial score (nSPS) is 26.3. The molecule has 0 bridgehead atoms. The Kier molecular flexibility index (Phi) is 3.71. The summed E-state index contributed by atoms with van der Waals surface area (Å²) in [5, 5.41) is 0. The van der Waals surface area contributed by atoms with Crippen LogP contribution in [0.3, 0.4) is 0 Å². The van der Waals surface area contributed by atoms with Gasteiger partial charge in [0, 0.05) is 20.2 Å². The minimum atomic E-state index is -0.173. The van der Waals surface area contributed by atoms with Crippen molar-refractivity contribution >= 4 is 0 Å². The number of morpholine rings is 1. The van der Waals surface area contributed by atoms with E-state index in [4.69, 9.17) is 9.47 Å². The average molecular weight is 187 g/mol. The van der Waals surface area contributed by atoms with Gasteiger partial charge < -0.3 is 9.47 Å². The second kappa shape index (κ2) is 4.40. The Labute approximate surface area is 81.0 Å². The minimum absolute atomic E-state index is 0.173. The van der Waals surface area contributed by atoms with Gasteiger partial charge in [0.2, 0.25) is 0 Å². The number of rotatable bonds is 3. The van der Waals surface area contributed by atoms with Crippen LogP contribution in [0.25, 0.3) is 0 Å². The van der Waals surface area contributed by atoms with Gasteiger partial charge in [-0.05, 0) is 20.4 Å². The Morgan fingerprint density at radius 3 is 2.77 bits per heavy atom. The Morgan fingerprint density at radius 2 is 2.23 bits per heavy atom. The second-order valence-electron chi connectivity index (χ2n) is 4.06. The molecule has 1 heterocycles. The van der Waals surface area contributed by atoms with E-state index in [9.17, 15) is 0 Å². The van der Waals surface area contributed by atoms with Crippen molar-refractivity contribution in [2.75, 3.05) is 33.4 Å². The lowest BCUT2D eigenvalue weighted by Crippen LogP contribution is -2.52. The lowest BCUT2D eigenvalue weighted by Gasteiger charge is -2.40. The molecule has 0 aromatic carbocycles. The van der Waals surface area contributed by atoms with Crippen molar-refractivity contribution in [3.05, 3.63) is 0 Å². The topological polar surface area (TPSA) is 21.7 Å². The standard InChI is InChI=1S/C10H21NO2/c1-5-11-6-7-13-9(8-11)10(2,3)12-4/h9H,5-8H2,1-4H3. The Bertz CT molecular complexity index is 159. The number of hydrogen-bond donors (Lipinski definition) is 0. The molecule has 0 radical (unpaired) electrons. The monoisotopic (exact) mass is 187 g/mol. The van der Waals surface area contributed by atoms with E-state index < -0.39 is 0 Å². The molecular weight excluding hydrogens is 166 g/mol. The first-order chi connectivity index (χ1) is 6.10. The predicted octanol–water partition coefficient (Wildman–Crippen LogP) is 1.13. The number of likely N-dealkylation sites (N-methyl/N-ethyl adjacent to an activating group) is 1. The molecule has 1 atom stereocenters. The molecule has 1 aliphatic heterocycles. The molecule has 0 N–H and O–H groups in total. The van der Waals surface area contributed by atoms with E-state index >= 15 is 0 Å². The molecule has 0 amide bonds. The van der Waals surface area contributed by atoms with Crippen LogP contribution in [0.4, 0.5) is 0 Å². The highest BCUT2D eigenvalue weighted by Gasteiger charge is 2.33. The van der Waals surface area contributed by atoms with Gasteiger partial charge in [-0.15, -0.1) is 0 Å². The molecule has 0 aliphatic carbocycles. The average Bonchev–Trinajstić information content (AvgIpc) is 2.18. The Morgan fingerprint density at radius 1 is 1.54 bits per heavy atom. The molecule has 0 aromatic rings. The molecule has 13 heavy (non-hydrogen) atoms. The van der Waals surface area contributed by atoms with Crippen molar-refractivity contribution < 1.29 is 9.47 Å². The lowest BCUT2D eigenvalue weighted by molar-refractivity contribution is -0.141. The SMILES string of the molecule is CCN1CCOC(C(C)(C)OC)C1. The third-order valence-electron chi connectivity index (χ3n) is 2.90. The molecular formula is C10H21NO2. The summed E-state index contributed by atoms with van der Waals surface area (Å²) in [7, 11) is 1.74. The first-order valence-corrected chi connectivity index (χ1v) is 4.99. The molecule has 0 spiro atoms. The van der Waals surface area contributed by atoms with Crippen molar-refractivity contribution in [2.24, 2.45) is 0 Å². The van der Waals surface area contributed by atoms with Gasteiger partial charge in [0.1, 0.15) is 0 Å². The van der Waals surface area contributed by atoms with E-state index in [-0.39, 0.29) is 11.7 Å². The van der Waals surface area contributed by atoms with E-state index in [0.29, 0.717) is 0 Å². The largest absolute Gasteiger partial charge is 0.376 e. The van der Waals surface area contributed by atoms with Crippen molar-refractivity contribution in [1.82, 2.24) is 4.90 Å². The van der Waals surface area contributed by atoms with Crippen molar-refractivity contribution in [3.63, 3.8) is 0 Å². The van der Waals surface area contributed by atoms with Gasteiger partial charge in [-0.2, -0.15) is 0 Å². The Hall–Kier alpha value is -0.120. The fourth-order valence-electron chi connectivity index (χ4n) is 1.54. The van der Waals surface area contributed by atoms with E-state index in [2.05, 4.69) is 25.7 Å². The number of ether oxygens (including phenoxy) is 2. The highest BCUT2D eigenvalue weighted by atomic mass is 16.5. The van der Waals surface area contributed by atoms with Gasteiger partial charge in [-0.3, -0.25) is 4.90 Å². The van der Waals surface area contributed by atoms with Crippen molar-refractivity contribution in [3.8, 4) is 0 Å². The summed E-state index contributed by atoms with van der Waals surface area (Å²) in [4.78, 5) is 2.40. The quantitative estimate of drug-likeness (QED) is 0.661. The van der Waals surface area contributed by atoms with Crippen LogP contribution < -0.4 is 0 Å². The summed E-state index contributed by atoms with van der Waals surface area (Å²) in [5.74, 6) is 0. The maximum Gasteiger partial charge on any atom is 0.0986 e. The second-order valence-corrected chi connectivity index (χ2v) is 4.06. The molecule has 1 saturated heterocycles. The van der Waals surface area contributed by atoms with Crippen molar-refractivity contribution in [1.29, 1.82) is 0 Å². The lowest BCUT2D eigenvalue weighted by atomic mass is 10.00. The highest BCUT2D eigenvalue weighted by Crippen LogP contribution is 2.20. The third-order valence-corrected chi connectivity index (χ3v) is 2.90. The zero-order chi connectivity index (χ0) is 9.90. The molecule has 0 aromatic heterocycles. The van der Waals surface area contributed by atoms with Crippen LogP contribution >= 0.6 is 0 Å². The molecule has 0 saturated carbocycles. The first-order valence-electron chi connectivity index (χ1n) is 4.99. The van der Waals surface area contributed by atoms with Crippen LogP contribution in [0.5, 0.6) is 0 Å². The summed E-state index contributed by atoms with van der Waals surface area (Å²) in [6.07, 6.45) is 0.200. The number of hydrogen-bond acceptors (Lipinski definition) is 3. The molecule has 3 heteroatoms. The Balaban J connectivity index is 2.50. The summed E-state index contributed by atoms with van der Waals surface area (Å²) < 4.78 is 11.1. The van der Waals surface area contributed by atoms with Crippen LogP contribution in [-0.2, 0) is 9.47 Å².